The molecule has 6 nitrogen and oxygen atoms in total. The van der Waals surface area contributed by atoms with Crippen LogP contribution in [0.15, 0.2) is 30.5 Å². The number of rotatable bonds is 7. The summed E-state index contributed by atoms with van der Waals surface area (Å²) in [7, 11) is 1.68. The zero-order chi connectivity index (χ0) is 18.5. The predicted molar refractivity (Wildman–Crippen MR) is 106 cm³/mol. The van der Waals surface area contributed by atoms with Gasteiger partial charge in [0.05, 0.1) is 19.4 Å². The first kappa shape index (κ1) is 18.0. The van der Waals surface area contributed by atoms with Crippen molar-refractivity contribution in [3.05, 3.63) is 41.7 Å². The van der Waals surface area contributed by atoms with E-state index < -0.39 is 0 Å². The second-order valence-corrected chi connectivity index (χ2v) is 7.23. The third-order valence-electron chi connectivity index (χ3n) is 5.37. The lowest BCUT2D eigenvalue weighted by atomic mass is 10.1. The highest BCUT2D eigenvalue weighted by Gasteiger charge is 2.19. The average molecular weight is 368 g/mol. The van der Waals surface area contributed by atoms with E-state index in [2.05, 4.69) is 20.9 Å². The van der Waals surface area contributed by atoms with Crippen LogP contribution in [0.4, 0.5) is 5.82 Å². The van der Waals surface area contributed by atoms with Crippen molar-refractivity contribution in [1.29, 1.82) is 0 Å². The van der Waals surface area contributed by atoms with Crippen LogP contribution in [0.2, 0.25) is 0 Å². The molecule has 0 bridgehead atoms. The van der Waals surface area contributed by atoms with Gasteiger partial charge in [-0.05, 0) is 44.0 Å². The van der Waals surface area contributed by atoms with E-state index in [0.717, 1.165) is 62.2 Å². The van der Waals surface area contributed by atoms with Gasteiger partial charge in [0.15, 0.2) is 0 Å². The number of fused-ring (bicyclic) bond motifs is 1. The van der Waals surface area contributed by atoms with E-state index in [1.807, 2.05) is 18.2 Å². The van der Waals surface area contributed by atoms with Gasteiger partial charge in [0.1, 0.15) is 11.6 Å². The maximum absolute atomic E-state index is 5.89. The molecule has 0 unspecified atom stereocenters. The van der Waals surface area contributed by atoms with Crippen molar-refractivity contribution in [1.82, 2.24) is 14.9 Å². The SMILES string of the molecule is COc1ccnc(N2CCc3nc(OCCCN4CCCC4)ccc3C2)c1. The van der Waals surface area contributed by atoms with Crippen LogP contribution in [0.5, 0.6) is 11.6 Å². The summed E-state index contributed by atoms with van der Waals surface area (Å²) in [5, 5.41) is 0. The zero-order valence-electron chi connectivity index (χ0n) is 16.1. The molecule has 0 aromatic carbocycles. The lowest BCUT2D eigenvalue weighted by molar-refractivity contribution is 0.256. The van der Waals surface area contributed by atoms with E-state index in [-0.39, 0.29) is 0 Å². The molecular formula is C21H28N4O2. The molecule has 0 aliphatic carbocycles. The Kier molecular flexibility index (Phi) is 5.72. The van der Waals surface area contributed by atoms with Gasteiger partial charge in [-0.3, -0.25) is 0 Å². The van der Waals surface area contributed by atoms with Gasteiger partial charge >= 0.3 is 0 Å². The maximum Gasteiger partial charge on any atom is 0.213 e. The third-order valence-corrected chi connectivity index (χ3v) is 5.37. The molecule has 0 N–H and O–H groups in total. The van der Waals surface area contributed by atoms with Crippen LogP contribution in [0.25, 0.3) is 0 Å². The predicted octanol–water partition coefficient (Wildman–Crippen LogP) is 2.91. The second-order valence-electron chi connectivity index (χ2n) is 7.23. The van der Waals surface area contributed by atoms with Crippen LogP contribution in [-0.2, 0) is 13.0 Å². The summed E-state index contributed by atoms with van der Waals surface area (Å²) >= 11 is 0. The van der Waals surface area contributed by atoms with Crippen LogP contribution in [0.3, 0.4) is 0 Å². The Balaban J connectivity index is 1.32. The average Bonchev–Trinajstić information content (AvgIpc) is 3.24. The zero-order valence-corrected chi connectivity index (χ0v) is 16.1. The minimum absolute atomic E-state index is 0.738. The van der Waals surface area contributed by atoms with Gasteiger partial charge in [-0.1, -0.05) is 6.07 Å². The molecule has 6 heteroatoms. The van der Waals surface area contributed by atoms with Gasteiger partial charge in [0.25, 0.3) is 0 Å². The Morgan fingerprint density at radius 2 is 2.00 bits per heavy atom. The largest absolute Gasteiger partial charge is 0.497 e. The fraction of sp³-hybridized carbons (Fsp3) is 0.524. The van der Waals surface area contributed by atoms with Crippen molar-refractivity contribution in [3.63, 3.8) is 0 Å². The topological polar surface area (TPSA) is 50.7 Å². The molecule has 1 fully saturated rings. The standard InChI is InChI=1S/C21H28N4O2/c1-26-18-7-9-22-20(15-18)25-13-8-19-17(16-25)5-6-21(23-19)27-14-4-12-24-10-2-3-11-24/h5-7,9,15H,2-4,8,10-14,16H2,1H3. The number of anilines is 1. The van der Waals surface area contributed by atoms with E-state index in [1.165, 1.54) is 31.5 Å². The van der Waals surface area contributed by atoms with Crippen LogP contribution >= 0.6 is 0 Å². The maximum atomic E-state index is 5.89. The molecule has 4 heterocycles. The summed E-state index contributed by atoms with van der Waals surface area (Å²) in [6.07, 6.45) is 6.44. The van der Waals surface area contributed by atoms with Crippen LogP contribution in [-0.4, -0.2) is 54.8 Å². The van der Waals surface area contributed by atoms with Crippen LogP contribution in [0.1, 0.15) is 30.5 Å². The number of hydrogen-bond donors (Lipinski definition) is 0. The molecule has 2 aliphatic heterocycles. The molecule has 0 amide bonds. The monoisotopic (exact) mass is 368 g/mol. The molecule has 0 saturated carbocycles. The summed E-state index contributed by atoms with van der Waals surface area (Å²) < 4.78 is 11.2. The summed E-state index contributed by atoms with van der Waals surface area (Å²) in [6.45, 7) is 6.08. The fourth-order valence-corrected chi connectivity index (χ4v) is 3.84. The van der Waals surface area contributed by atoms with E-state index in [0.29, 0.717) is 0 Å². The first-order valence-electron chi connectivity index (χ1n) is 9.91. The summed E-state index contributed by atoms with van der Waals surface area (Å²) in [4.78, 5) is 14.0. The van der Waals surface area contributed by atoms with Crippen molar-refractivity contribution in [2.75, 3.05) is 44.8 Å². The lowest BCUT2D eigenvalue weighted by Crippen LogP contribution is -2.31. The van der Waals surface area contributed by atoms with E-state index >= 15 is 0 Å². The molecule has 2 aliphatic rings. The fourth-order valence-electron chi connectivity index (χ4n) is 3.84. The molecule has 0 radical (unpaired) electrons. The van der Waals surface area contributed by atoms with Gasteiger partial charge in [0, 0.05) is 44.4 Å². The summed E-state index contributed by atoms with van der Waals surface area (Å²) in [5.41, 5.74) is 2.39. The number of nitrogens with zero attached hydrogens (tertiary/aromatic N) is 4. The van der Waals surface area contributed by atoms with Crippen LogP contribution < -0.4 is 14.4 Å². The highest BCUT2D eigenvalue weighted by molar-refractivity contribution is 5.46. The highest BCUT2D eigenvalue weighted by atomic mass is 16.5. The second kappa shape index (κ2) is 8.57. The number of aromatic nitrogens is 2. The molecule has 2 aromatic rings. The molecule has 4 rings (SSSR count). The smallest absolute Gasteiger partial charge is 0.213 e. The van der Waals surface area contributed by atoms with Gasteiger partial charge in [0.2, 0.25) is 5.88 Å². The van der Waals surface area contributed by atoms with Crippen molar-refractivity contribution < 1.29 is 9.47 Å². The summed E-state index contributed by atoms with van der Waals surface area (Å²) in [5.74, 6) is 2.53. The highest BCUT2D eigenvalue weighted by Crippen LogP contribution is 2.26. The normalized spacial score (nSPS) is 17.0. The quantitative estimate of drug-likeness (QED) is 0.701. The molecule has 144 valence electrons. The minimum Gasteiger partial charge on any atom is -0.497 e. The molecule has 0 atom stereocenters. The van der Waals surface area contributed by atoms with E-state index in [1.54, 1.807) is 13.3 Å². The van der Waals surface area contributed by atoms with Crippen molar-refractivity contribution >= 4 is 5.82 Å². The summed E-state index contributed by atoms with van der Waals surface area (Å²) in [6, 6.07) is 7.99. The Bertz CT molecular complexity index is 762. The minimum atomic E-state index is 0.738. The number of hydrogen-bond acceptors (Lipinski definition) is 6. The van der Waals surface area contributed by atoms with Crippen LogP contribution in [0, 0.1) is 0 Å². The number of likely N-dealkylation sites (tertiary alicyclic amines) is 1. The Morgan fingerprint density at radius 1 is 1.11 bits per heavy atom. The number of ether oxygens (including phenoxy) is 2. The molecule has 27 heavy (non-hydrogen) atoms. The molecular weight excluding hydrogens is 340 g/mol. The van der Waals surface area contributed by atoms with E-state index in [9.17, 15) is 0 Å². The van der Waals surface area contributed by atoms with Gasteiger partial charge < -0.3 is 19.3 Å². The van der Waals surface area contributed by atoms with Crippen molar-refractivity contribution in [2.24, 2.45) is 0 Å². The Morgan fingerprint density at radius 3 is 2.85 bits per heavy atom. The first-order chi connectivity index (χ1) is 13.3. The molecule has 2 aromatic heterocycles. The van der Waals surface area contributed by atoms with Gasteiger partial charge in [-0.15, -0.1) is 0 Å². The molecule has 1 saturated heterocycles. The molecule has 0 spiro atoms. The Hall–Kier alpha value is -2.34. The third kappa shape index (κ3) is 4.50. The Labute approximate surface area is 161 Å². The number of pyridine rings is 2. The van der Waals surface area contributed by atoms with Crippen molar-refractivity contribution in [2.45, 2.75) is 32.2 Å². The lowest BCUT2D eigenvalue weighted by Gasteiger charge is -2.29. The van der Waals surface area contributed by atoms with Gasteiger partial charge in [-0.2, -0.15) is 0 Å². The van der Waals surface area contributed by atoms with Crippen molar-refractivity contribution in [3.8, 4) is 11.6 Å². The first-order valence-corrected chi connectivity index (χ1v) is 9.91. The number of methoxy groups -OCH3 is 1. The van der Waals surface area contributed by atoms with E-state index in [4.69, 9.17) is 14.5 Å². The van der Waals surface area contributed by atoms with Gasteiger partial charge in [-0.25, -0.2) is 9.97 Å².